The molecule has 2 fully saturated rings. The maximum atomic E-state index is 12.3. The Morgan fingerprint density at radius 3 is 2.68 bits per heavy atom. The normalized spacial score (nSPS) is 20.2. The number of hydrogen-bond acceptors (Lipinski definition) is 8. The zero-order valence-corrected chi connectivity index (χ0v) is 17.3. The van der Waals surface area contributed by atoms with E-state index in [-0.39, 0.29) is 6.04 Å². The molecule has 4 rings (SSSR count). The zero-order valence-electron chi connectivity index (χ0n) is 16.5. The van der Waals surface area contributed by atoms with Crippen molar-refractivity contribution >= 4 is 27.2 Å². The van der Waals surface area contributed by atoms with Crippen LogP contribution in [-0.4, -0.2) is 57.5 Å². The average Bonchev–Trinajstić information content (AvgIpc) is 3.45. The Hall–Kier alpha value is -2.26. The first-order chi connectivity index (χ1) is 13.3. The van der Waals surface area contributed by atoms with Gasteiger partial charge in [0.15, 0.2) is 11.6 Å². The van der Waals surface area contributed by atoms with Crippen LogP contribution >= 0.6 is 0 Å². The Morgan fingerprint density at radius 2 is 2.00 bits per heavy atom. The summed E-state index contributed by atoms with van der Waals surface area (Å²) in [5.41, 5.74) is 7.84. The number of anilines is 2. The summed E-state index contributed by atoms with van der Waals surface area (Å²) < 4.78 is 22.1. The van der Waals surface area contributed by atoms with Gasteiger partial charge in [-0.2, -0.15) is 4.36 Å². The number of nitrogens with two attached hydrogens (primary N) is 1. The lowest BCUT2D eigenvalue weighted by Crippen LogP contribution is -2.44. The molecular formula is C19H26N6O2S. The second-order valence-corrected chi connectivity index (χ2v) is 10.3. The summed E-state index contributed by atoms with van der Waals surface area (Å²) in [7, 11) is -2.35. The van der Waals surface area contributed by atoms with E-state index in [1.54, 1.807) is 24.6 Å². The number of rotatable bonds is 4. The van der Waals surface area contributed by atoms with Gasteiger partial charge in [-0.25, -0.2) is 19.2 Å². The largest absolute Gasteiger partial charge is 0.384 e. The molecule has 150 valence electrons. The fraction of sp³-hybridized carbons (Fsp3) is 0.526. The molecule has 1 atom stereocenters. The minimum absolute atomic E-state index is 0.182. The second-order valence-electron chi connectivity index (χ2n) is 7.78. The van der Waals surface area contributed by atoms with Gasteiger partial charge in [0.2, 0.25) is 0 Å². The van der Waals surface area contributed by atoms with Gasteiger partial charge in [0.1, 0.15) is 11.6 Å². The van der Waals surface area contributed by atoms with Gasteiger partial charge in [-0.15, -0.1) is 0 Å². The van der Waals surface area contributed by atoms with Crippen LogP contribution in [0.4, 0.5) is 17.5 Å². The second kappa shape index (κ2) is 7.29. The van der Waals surface area contributed by atoms with Crippen molar-refractivity contribution in [3.8, 4) is 11.4 Å². The van der Waals surface area contributed by atoms with Crippen molar-refractivity contribution < 1.29 is 8.95 Å². The highest BCUT2D eigenvalue weighted by molar-refractivity contribution is 7.92. The third-order valence-electron chi connectivity index (χ3n) is 4.79. The van der Waals surface area contributed by atoms with Crippen LogP contribution in [0, 0.1) is 0 Å². The van der Waals surface area contributed by atoms with E-state index < -0.39 is 9.73 Å². The van der Waals surface area contributed by atoms with Crippen LogP contribution in [0.25, 0.3) is 11.4 Å². The number of nitrogen functional groups attached to an aromatic ring is 1. The number of morpholine rings is 1. The first-order valence-electron chi connectivity index (χ1n) is 9.47. The minimum Gasteiger partial charge on any atom is -0.384 e. The van der Waals surface area contributed by atoms with Crippen LogP contribution in [0.3, 0.4) is 0 Å². The molecule has 1 aliphatic carbocycles. The molecule has 2 aliphatic rings. The Kier molecular flexibility index (Phi) is 4.96. The topological polar surface area (TPSA) is 107 Å². The highest BCUT2D eigenvalue weighted by Gasteiger charge is 2.26. The lowest BCUT2D eigenvalue weighted by molar-refractivity contribution is 0.0985. The summed E-state index contributed by atoms with van der Waals surface area (Å²) in [4.78, 5) is 16.0. The lowest BCUT2D eigenvalue weighted by Gasteiger charge is -2.34. The maximum absolute atomic E-state index is 12.3. The molecule has 2 aromatic rings. The molecule has 3 heterocycles. The fourth-order valence-electron chi connectivity index (χ4n) is 3.33. The van der Waals surface area contributed by atoms with Crippen molar-refractivity contribution in [2.24, 2.45) is 4.36 Å². The molecule has 1 saturated heterocycles. The van der Waals surface area contributed by atoms with Crippen molar-refractivity contribution in [3.05, 3.63) is 23.9 Å². The molecule has 8 nitrogen and oxygen atoms in total. The summed E-state index contributed by atoms with van der Waals surface area (Å²) >= 11 is 0. The predicted octanol–water partition coefficient (Wildman–Crippen LogP) is 2.58. The third kappa shape index (κ3) is 4.41. The molecule has 0 amide bonds. The van der Waals surface area contributed by atoms with Crippen LogP contribution in [0.2, 0.25) is 0 Å². The summed E-state index contributed by atoms with van der Waals surface area (Å²) in [6.45, 7) is 4.10. The van der Waals surface area contributed by atoms with E-state index >= 15 is 0 Å². The first kappa shape index (κ1) is 19.1. The number of ether oxygens (including phenoxy) is 1. The van der Waals surface area contributed by atoms with Gasteiger partial charge in [-0.05, 0) is 31.9 Å². The summed E-state index contributed by atoms with van der Waals surface area (Å²) in [5, 5.41) is 0. The highest BCUT2D eigenvalue weighted by Crippen LogP contribution is 2.40. The van der Waals surface area contributed by atoms with E-state index in [0.29, 0.717) is 36.6 Å². The van der Waals surface area contributed by atoms with Crippen molar-refractivity contribution in [3.63, 3.8) is 0 Å². The molecule has 28 heavy (non-hydrogen) atoms. The van der Waals surface area contributed by atoms with Crippen molar-refractivity contribution in [1.29, 1.82) is 0 Å². The molecule has 1 saturated carbocycles. The molecule has 1 aliphatic heterocycles. The first-order valence-corrected chi connectivity index (χ1v) is 11.8. The van der Waals surface area contributed by atoms with Crippen molar-refractivity contribution in [2.75, 3.05) is 42.9 Å². The monoisotopic (exact) mass is 402 g/mol. The number of pyridine rings is 1. The molecule has 2 N–H and O–H groups in total. The Bertz CT molecular complexity index is 1010. The molecule has 0 spiro atoms. The smallest absolute Gasteiger partial charge is 0.167 e. The SMILES string of the molecule is C[C@@H]1COCCN1c1cc(N=S(C)(C)=O)nc(-c2cc(N)nc(C3CC3)c2)n1. The minimum atomic E-state index is -2.35. The standard InChI is InChI=1S/C19H26N6O2S/c1-12-11-27-7-6-25(12)18-10-17(24-28(2,3)26)22-19(23-18)14-8-15(13-4-5-13)21-16(20)9-14/h8-10,12-13H,4-7,11H2,1-3H3,(H2,20,21)/t12-/m1/s1. The van der Waals surface area contributed by atoms with E-state index in [2.05, 4.69) is 26.2 Å². The van der Waals surface area contributed by atoms with Crippen molar-refractivity contribution in [1.82, 2.24) is 15.0 Å². The maximum Gasteiger partial charge on any atom is 0.167 e. The van der Waals surface area contributed by atoms with Crippen LogP contribution in [0.1, 0.15) is 31.4 Å². The number of hydrogen-bond donors (Lipinski definition) is 1. The lowest BCUT2D eigenvalue weighted by atomic mass is 10.1. The van der Waals surface area contributed by atoms with Gasteiger partial charge in [0.25, 0.3) is 0 Å². The predicted molar refractivity (Wildman–Crippen MR) is 111 cm³/mol. The Balaban J connectivity index is 1.83. The fourth-order valence-corrected chi connectivity index (χ4v) is 3.87. The van der Waals surface area contributed by atoms with Gasteiger partial charge in [0, 0.05) is 52.0 Å². The van der Waals surface area contributed by atoms with Crippen LogP contribution in [0.15, 0.2) is 22.6 Å². The van der Waals surface area contributed by atoms with Crippen LogP contribution in [0.5, 0.6) is 0 Å². The molecule has 0 unspecified atom stereocenters. The molecule has 9 heteroatoms. The summed E-state index contributed by atoms with van der Waals surface area (Å²) in [5.74, 6) is 2.62. The van der Waals surface area contributed by atoms with Gasteiger partial charge in [0.05, 0.1) is 19.3 Å². The van der Waals surface area contributed by atoms with Gasteiger partial charge in [-0.3, -0.25) is 0 Å². The highest BCUT2D eigenvalue weighted by atomic mass is 32.2. The van der Waals surface area contributed by atoms with E-state index in [4.69, 9.17) is 15.5 Å². The van der Waals surface area contributed by atoms with Gasteiger partial charge < -0.3 is 15.4 Å². The zero-order chi connectivity index (χ0) is 19.9. The number of aromatic nitrogens is 3. The third-order valence-corrected chi connectivity index (χ3v) is 5.42. The Morgan fingerprint density at radius 1 is 1.21 bits per heavy atom. The summed E-state index contributed by atoms with van der Waals surface area (Å²) in [6.07, 6.45) is 5.47. The van der Waals surface area contributed by atoms with E-state index in [0.717, 1.165) is 36.5 Å². The van der Waals surface area contributed by atoms with E-state index in [9.17, 15) is 4.21 Å². The molecule has 0 aromatic carbocycles. The quantitative estimate of drug-likeness (QED) is 0.837. The van der Waals surface area contributed by atoms with Gasteiger partial charge >= 0.3 is 0 Å². The Labute approximate surface area is 165 Å². The molecule has 0 radical (unpaired) electrons. The molecule has 2 aromatic heterocycles. The van der Waals surface area contributed by atoms with Gasteiger partial charge in [-0.1, -0.05) is 0 Å². The van der Waals surface area contributed by atoms with E-state index in [1.807, 2.05) is 6.07 Å². The molecular weight excluding hydrogens is 376 g/mol. The van der Waals surface area contributed by atoms with Crippen LogP contribution in [-0.2, 0) is 14.5 Å². The van der Waals surface area contributed by atoms with E-state index in [1.165, 1.54) is 0 Å². The summed E-state index contributed by atoms with van der Waals surface area (Å²) in [6, 6.07) is 5.77. The number of nitrogens with zero attached hydrogens (tertiary/aromatic N) is 5. The van der Waals surface area contributed by atoms with Crippen LogP contribution < -0.4 is 10.6 Å². The van der Waals surface area contributed by atoms with Crippen molar-refractivity contribution in [2.45, 2.75) is 31.7 Å². The molecule has 0 bridgehead atoms. The average molecular weight is 403 g/mol.